The number of halogens is 3. The fourth-order valence-corrected chi connectivity index (χ4v) is 2.59. The normalized spacial score (nSPS) is 10.9. The van der Waals surface area contributed by atoms with Gasteiger partial charge in [-0.3, -0.25) is 35.9 Å². The topological polar surface area (TPSA) is 165 Å². The zero-order valence-electron chi connectivity index (χ0n) is 16.2. The average molecular weight is 463 g/mol. The van der Waals surface area contributed by atoms with Gasteiger partial charge in [0.25, 0.3) is 11.6 Å². The SMILES string of the molecule is O=C(NNc1ncnc(Nc2cccc(C(F)(F)F)c2)c1[N+](=O)[O-])c1cccc([N+](=O)[O-])c1. The minimum atomic E-state index is -4.63. The molecule has 15 heteroatoms. The Hall–Kier alpha value is -4.82. The Balaban J connectivity index is 1.84. The summed E-state index contributed by atoms with van der Waals surface area (Å²) >= 11 is 0. The van der Waals surface area contributed by atoms with Crippen molar-refractivity contribution in [2.24, 2.45) is 0 Å². The second kappa shape index (κ2) is 9.13. The smallest absolute Gasteiger partial charge is 0.334 e. The number of anilines is 3. The van der Waals surface area contributed by atoms with E-state index in [9.17, 15) is 38.2 Å². The first kappa shape index (κ1) is 22.9. The number of rotatable bonds is 7. The van der Waals surface area contributed by atoms with Gasteiger partial charge in [-0.05, 0) is 24.3 Å². The maximum Gasteiger partial charge on any atom is 0.416 e. The number of alkyl halides is 3. The van der Waals surface area contributed by atoms with E-state index in [2.05, 4.69) is 26.1 Å². The Labute approximate surface area is 181 Å². The van der Waals surface area contributed by atoms with Crippen LogP contribution in [0.4, 0.5) is 41.9 Å². The van der Waals surface area contributed by atoms with Gasteiger partial charge in [-0.2, -0.15) is 13.2 Å². The summed E-state index contributed by atoms with van der Waals surface area (Å²) in [7, 11) is 0. The highest BCUT2D eigenvalue weighted by molar-refractivity contribution is 5.95. The van der Waals surface area contributed by atoms with Crippen LogP contribution in [0, 0.1) is 20.2 Å². The third kappa shape index (κ3) is 5.46. The Bertz CT molecular complexity index is 1240. The van der Waals surface area contributed by atoms with Gasteiger partial charge >= 0.3 is 11.9 Å². The van der Waals surface area contributed by atoms with Gasteiger partial charge in [0.2, 0.25) is 11.6 Å². The highest BCUT2D eigenvalue weighted by Gasteiger charge is 2.31. The van der Waals surface area contributed by atoms with Crippen molar-refractivity contribution in [1.29, 1.82) is 0 Å². The van der Waals surface area contributed by atoms with Gasteiger partial charge in [-0.25, -0.2) is 9.97 Å². The number of non-ortho nitro benzene ring substituents is 1. The molecule has 0 unspecified atom stereocenters. The summed E-state index contributed by atoms with van der Waals surface area (Å²) in [4.78, 5) is 40.4. The summed E-state index contributed by atoms with van der Waals surface area (Å²) in [6.07, 6.45) is -3.75. The molecule has 1 heterocycles. The van der Waals surface area contributed by atoms with Crippen LogP contribution in [-0.2, 0) is 6.18 Å². The van der Waals surface area contributed by atoms with Crippen molar-refractivity contribution < 1.29 is 27.8 Å². The minimum absolute atomic E-state index is 0.115. The molecule has 12 nitrogen and oxygen atoms in total. The molecule has 1 amide bonds. The molecule has 170 valence electrons. The molecule has 0 bridgehead atoms. The lowest BCUT2D eigenvalue weighted by atomic mass is 10.2. The van der Waals surface area contributed by atoms with Crippen LogP contribution in [-0.4, -0.2) is 25.7 Å². The molecule has 0 spiro atoms. The van der Waals surface area contributed by atoms with Crippen LogP contribution in [0.1, 0.15) is 15.9 Å². The number of hydrazine groups is 1. The highest BCUT2D eigenvalue weighted by atomic mass is 19.4. The summed E-state index contributed by atoms with van der Waals surface area (Å²) in [6.45, 7) is 0. The number of nitrogens with zero attached hydrogens (tertiary/aromatic N) is 4. The molecule has 3 N–H and O–H groups in total. The quantitative estimate of drug-likeness (QED) is 0.349. The van der Waals surface area contributed by atoms with Crippen LogP contribution in [0.15, 0.2) is 54.9 Å². The summed E-state index contributed by atoms with van der Waals surface area (Å²) in [5.41, 5.74) is 2.00. The largest absolute Gasteiger partial charge is 0.416 e. The van der Waals surface area contributed by atoms with E-state index >= 15 is 0 Å². The van der Waals surface area contributed by atoms with E-state index in [4.69, 9.17) is 0 Å². The van der Waals surface area contributed by atoms with Gasteiger partial charge in [-0.1, -0.05) is 12.1 Å². The lowest BCUT2D eigenvalue weighted by Crippen LogP contribution is -2.30. The Morgan fingerprint density at radius 2 is 1.64 bits per heavy atom. The van der Waals surface area contributed by atoms with Gasteiger partial charge in [0.15, 0.2) is 0 Å². The van der Waals surface area contributed by atoms with E-state index in [1.807, 2.05) is 0 Å². The van der Waals surface area contributed by atoms with Gasteiger partial charge in [-0.15, -0.1) is 0 Å². The van der Waals surface area contributed by atoms with Crippen LogP contribution >= 0.6 is 0 Å². The van der Waals surface area contributed by atoms with E-state index in [-0.39, 0.29) is 16.9 Å². The zero-order chi connectivity index (χ0) is 24.2. The number of nitro groups is 2. The number of hydrogen-bond donors (Lipinski definition) is 3. The first-order chi connectivity index (χ1) is 15.6. The van der Waals surface area contributed by atoms with Crippen molar-refractivity contribution in [1.82, 2.24) is 15.4 Å². The Morgan fingerprint density at radius 3 is 2.30 bits per heavy atom. The number of nitro benzene ring substituents is 1. The zero-order valence-corrected chi connectivity index (χ0v) is 16.2. The molecule has 0 aliphatic heterocycles. The van der Waals surface area contributed by atoms with Gasteiger partial charge in [0.1, 0.15) is 6.33 Å². The van der Waals surface area contributed by atoms with Crippen molar-refractivity contribution in [3.63, 3.8) is 0 Å². The number of carbonyl (C=O) groups is 1. The summed E-state index contributed by atoms with van der Waals surface area (Å²) in [5.74, 6) is -1.79. The van der Waals surface area contributed by atoms with Crippen LogP contribution in [0.3, 0.4) is 0 Å². The lowest BCUT2D eigenvalue weighted by Gasteiger charge is -2.12. The summed E-state index contributed by atoms with van der Waals surface area (Å²) in [6, 6.07) is 8.64. The lowest BCUT2D eigenvalue weighted by molar-refractivity contribution is -0.384. The van der Waals surface area contributed by atoms with Crippen molar-refractivity contribution in [2.45, 2.75) is 6.18 Å². The first-order valence-electron chi connectivity index (χ1n) is 8.80. The van der Waals surface area contributed by atoms with E-state index in [1.165, 1.54) is 24.3 Å². The molecule has 0 saturated carbocycles. The van der Waals surface area contributed by atoms with E-state index in [1.54, 1.807) is 0 Å². The molecule has 2 aromatic carbocycles. The third-order valence-electron chi connectivity index (χ3n) is 4.07. The Morgan fingerprint density at radius 1 is 0.939 bits per heavy atom. The van der Waals surface area contributed by atoms with E-state index in [0.717, 1.165) is 30.6 Å². The molecular weight excluding hydrogens is 451 g/mol. The summed E-state index contributed by atoms with van der Waals surface area (Å²) in [5, 5.41) is 24.8. The molecule has 0 radical (unpaired) electrons. The van der Waals surface area contributed by atoms with Gasteiger partial charge in [0.05, 0.1) is 15.4 Å². The maximum absolute atomic E-state index is 12.9. The molecule has 0 aliphatic carbocycles. The number of benzene rings is 2. The standard InChI is InChI=1S/C18H12F3N7O5/c19-18(20,21)11-4-2-5-12(8-11)24-15-14(28(32)33)16(23-9-22-15)25-26-17(29)10-3-1-6-13(7-10)27(30)31/h1-9H,(H,26,29)(H2,22,23,24,25). The van der Waals surface area contributed by atoms with Gasteiger partial charge in [0, 0.05) is 23.4 Å². The number of aromatic nitrogens is 2. The molecule has 0 fully saturated rings. The Kier molecular flexibility index (Phi) is 6.32. The molecule has 0 aliphatic rings. The minimum Gasteiger partial charge on any atom is -0.334 e. The van der Waals surface area contributed by atoms with Crippen LogP contribution in [0.2, 0.25) is 0 Å². The molecule has 3 rings (SSSR count). The van der Waals surface area contributed by atoms with Crippen LogP contribution < -0.4 is 16.2 Å². The van der Waals surface area contributed by atoms with Crippen molar-refractivity contribution in [3.8, 4) is 0 Å². The first-order valence-corrected chi connectivity index (χ1v) is 8.80. The fourth-order valence-electron chi connectivity index (χ4n) is 2.59. The van der Waals surface area contributed by atoms with E-state index in [0.29, 0.717) is 0 Å². The van der Waals surface area contributed by atoms with E-state index < -0.39 is 44.8 Å². The van der Waals surface area contributed by atoms with Crippen molar-refractivity contribution >= 4 is 34.6 Å². The molecular formula is C18H12F3N7O5. The van der Waals surface area contributed by atoms with Gasteiger partial charge < -0.3 is 5.32 Å². The second-order valence-corrected chi connectivity index (χ2v) is 6.27. The number of nitrogens with one attached hydrogen (secondary N) is 3. The maximum atomic E-state index is 12.9. The monoisotopic (exact) mass is 463 g/mol. The van der Waals surface area contributed by atoms with Crippen LogP contribution in [0.5, 0.6) is 0 Å². The third-order valence-corrected chi connectivity index (χ3v) is 4.07. The summed E-state index contributed by atoms with van der Waals surface area (Å²) < 4.78 is 38.7. The van der Waals surface area contributed by atoms with Crippen molar-refractivity contribution in [3.05, 3.63) is 86.2 Å². The van der Waals surface area contributed by atoms with Crippen LogP contribution in [0.25, 0.3) is 0 Å². The van der Waals surface area contributed by atoms with Crippen molar-refractivity contribution in [2.75, 3.05) is 10.7 Å². The number of amides is 1. The molecule has 0 atom stereocenters. The average Bonchev–Trinajstić information content (AvgIpc) is 2.77. The number of hydrogen-bond acceptors (Lipinski definition) is 9. The fraction of sp³-hybridized carbons (Fsp3) is 0.0556. The predicted octanol–water partition coefficient (Wildman–Crippen LogP) is 3.81. The molecule has 1 aromatic heterocycles. The molecule has 33 heavy (non-hydrogen) atoms. The molecule has 3 aromatic rings. The number of carbonyl (C=O) groups excluding carboxylic acids is 1. The highest BCUT2D eigenvalue weighted by Crippen LogP contribution is 2.34. The predicted molar refractivity (Wildman–Crippen MR) is 108 cm³/mol. The molecule has 0 saturated heterocycles. The second-order valence-electron chi connectivity index (χ2n) is 6.27.